The van der Waals surface area contributed by atoms with Gasteiger partial charge in [0.15, 0.2) is 0 Å². The minimum atomic E-state index is 0.144. The Hall–Kier alpha value is -0.450. The number of hydrogen-bond acceptors (Lipinski definition) is 4. The van der Waals surface area contributed by atoms with E-state index in [4.69, 9.17) is 4.98 Å². The number of aromatic nitrogens is 1. The first kappa shape index (κ1) is 16.9. The maximum atomic E-state index is 4.88. The first-order chi connectivity index (χ1) is 9.56. The fourth-order valence-electron chi connectivity index (χ4n) is 2.75. The molecule has 120 valence electrons. The number of hydrogen-bond donors (Lipinski definition) is 1. The quantitative estimate of drug-likeness (QED) is 0.920. The third-order valence-electron chi connectivity index (χ3n) is 4.71. The minimum Gasteiger partial charge on any atom is -0.309 e. The van der Waals surface area contributed by atoms with Crippen LogP contribution in [0, 0.1) is 0 Å². The Morgan fingerprint density at radius 3 is 2.52 bits per heavy atom. The molecule has 1 aliphatic heterocycles. The Morgan fingerprint density at radius 1 is 1.33 bits per heavy atom. The van der Waals surface area contributed by atoms with Crippen molar-refractivity contribution < 1.29 is 0 Å². The predicted octanol–water partition coefficient (Wildman–Crippen LogP) is 3.79. The van der Waals surface area contributed by atoms with Gasteiger partial charge in [-0.3, -0.25) is 4.90 Å². The van der Waals surface area contributed by atoms with Crippen molar-refractivity contribution in [3.63, 3.8) is 0 Å². The number of rotatable bonds is 3. The summed E-state index contributed by atoms with van der Waals surface area (Å²) < 4.78 is 0. The standard InChI is InChI=1S/C17H31N3S/c1-8-17(7)11-18-16(5,6)12-20(17)9-14-19-13(10-21-14)15(2,3)4/h10,18H,8-9,11-12H2,1-7H3. The van der Waals surface area contributed by atoms with E-state index in [1.165, 1.54) is 10.7 Å². The normalized spacial score (nSPS) is 27.0. The van der Waals surface area contributed by atoms with Crippen LogP contribution in [0.4, 0.5) is 0 Å². The highest BCUT2D eigenvalue weighted by Crippen LogP contribution is 2.30. The van der Waals surface area contributed by atoms with Crippen molar-refractivity contribution in [3.8, 4) is 0 Å². The summed E-state index contributed by atoms with van der Waals surface area (Å²) in [6, 6.07) is 0. The number of nitrogens with zero attached hydrogens (tertiary/aromatic N) is 2. The zero-order chi connectivity index (χ0) is 15.9. The van der Waals surface area contributed by atoms with Gasteiger partial charge < -0.3 is 5.32 Å². The van der Waals surface area contributed by atoms with E-state index in [1.54, 1.807) is 0 Å². The maximum Gasteiger partial charge on any atom is 0.107 e. The lowest BCUT2D eigenvalue weighted by Gasteiger charge is -2.50. The van der Waals surface area contributed by atoms with Gasteiger partial charge in [-0.15, -0.1) is 11.3 Å². The smallest absolute Gasteiger partial charge is 0.107 e. The van der Waals surface area contributed by atoms with Crippen molar-refractivity contribution in [1.82, 2.24) is 15.2 Å². The molecule has 1 fully saturated rings. The Kier molecular flexibility index (Phi) is 4.54. The van der Waals surface area contributed by atoms with Gasteiger partial charge in [-0.05, 0) is 27.2 Å². The van der Waals surface area contributed by atoms with Crippen LogP contribution < -0.4 is 5.32 Å². The highest BCUT2D eigenvalue weighted by atomic mass is 32.1. The molecule has 0 saturated carbocycles. The molecule has 1 saturated heterocycles. The van der Waals surface area contributed by atoms with E-state index < -0.39 is 0 Å². The summed E-state index contributed by atoms with van der Waals surface area (Å²) in [6.07, 6.45) is 1.16. The van der Waals surface area contributed by atoms with Crippen molar-refractivity contribution in [3.05, 3.63) is 16.1 Å². The van der Waals surface area contributed by atoms with Crippen LogP contribution in [0.2, 0.25) is 0 Å². The molecule has 0 aliphatic carbocycles. The van der Waals surface area contributed by atoms with E-state index in [9.17, 15) is 0 Å². The van der Waals surface area contributed by atoms with E-state index in [1.807, 2.05) is 11.3 Å². The van der Waals surface area contributed by atoms with Gasteiger partial charge in [-0.2, -0.15) is 0 Å². The van der Waals surface area contributed by atoms with Crippen LogP contribution in [0.1, 0.15) is 65.6 Å². The van der Waals surface area contributed by atoms with E-state index in [0.717, 1.165) is 26.1 Å². The number of piperazine rings is 1. The second-order valence-electron chi connectivity index (χ2n) is 8.32. The van der Waals surface area contributed by atoms with E-state index in [0.29, 0.717) is 0 Å². The van der Waals surface area contributed by atoms with Crippen LogP contribution in [-0.2, 0) is 12.0 Å². The molecule has 2 rings (SSSR count). The zero-order valence-corrected chi connectivity index (χ0v) is 15.5. The van der Waals surface area contributed by atoms with Crippen molar-refractivity contribution in [2.75, 3.05) is 13.1 Å². The first-order valence-corrected chi connectivity index (χ1v) is 8.89. The maximum absolute atomic E-state index is 4.88. The molecule has 1 aromatic heterocycles. The molecule has 0 amide bonds. The summed E-state index contributed by atoms with van der Waals surface area (Å²) in [7, 11) is 0. The minimum absolute atomic E-state index is 0.144. The van der Waals surface area contributed by atoms with E-state index >= 15 is 0 Å². The summed E-state index contributed by atoms with van der Waals surface area (Å²) >= 11 is 1.81. The van der Waals surface area contributed by atoms with Crippen LogP contribution in [0.5, 0.6) is 0 Å². The van der Waals surface area contributed by atoms with Crippen molar-refractivity contribution in [2.45, 2.75) is 77.9 Å². The molecule has 1 atom stereocenters. The molecule has 1 aromatic rings. The van der Waals surface area contributed by atoms with Crippen molar-refractivity contribution in [1.29, 1.82) is 0 Å². The molecule has 0 aromatic carbocycles. The summed E-state index contributed by atoms with van der Waals surface area (Å²) in [5, 5.41) is 7.16. The molecule has 21 heavy (non-hydrogen) atoms. The summed E-state index contributed by atoms with van der Waals surface area (Å²) in [5.41, 5.74) is 1.77. The Bertz CT molecular complexity index is 486. The molecule has 0 radical (unpaired) electrons. The van der Waals surface area contributed by atoms with Gasteiger partial charge in [0.25, 0.3) is 0 Å². The highest BCUT2D eigenvalue weighted by Gasteiger charge is 2.39. The molecule has 4 heteroatoms. The predicted molar refractivity (Wildman–Crippen MR) is 92.0 cm³/mol. The van der Waals surface area contributed by atoms with Gasteiger partial charge in [0, 0.05) is 35.0 Å². The summed E-state index contributed by atoms with van der Waals surface area (Å²) in [4.78, 5) is 7.50. The lowest BCUT2D eigenvalue weighted by molar-refractivity contribution is 0.0174. The van der Waals surface area contributed by atoms with Crippen molar-refractivity contribution in [2.24, 2.45) is 0 Å². The second-order valence-corrected chi connectivity index (χ2v) is 9.26. The summed E-state index contributed by atoms with van der Waals surface area (Å²) in [5.74, 6) is 0. The SMILES string of the molecule is CCC1(C)CNC(C)(C)CN1Cc1nc(C(C)(C)C)cs1. The molecular formula is C17H31N3S. The average molecular weight is 310 g/mol. The topological polar surface area (TPSA) is 28.2 Å². The summed E-state index contributed by atoms with van der Waals surface area (Å²) in [6.45, 7) is 19.0. The first-order valence-electron chi connectivity index (χ1n) is 8.01. The molecular weight excluding hydrogens is 278 g/mol. The van der Waals surface area contributed by atoms with E-state index in [2.05, 4.69) is 64.1 Å². The molecule has 1 aliphatic rings. The number of nitrogens with one attached hydrogen (secondary N) is 1. The van der Waals surface area contributed by atoms with Crippen molar-refractivity contribution >= 4 is 11.3 Å². The zero-order valence-electron chi connectivity index (χ0n) is 14.7. The van der Waals surface area contributed by atoms with Crippen LogP contribution >= 0.6 is 11.3 Å². The van der Waals surface area contributed by atoms with Crippen LogP contribution in [-0.4, -0.2) is 34.1 Å². The Morgan fingerprint density at radius 2 is 2.00 bits per heavy atom. The number of thiazole rings is 1. The second kappa shape index (κ2) is 5.64. The van der Waals surface area contributed by atoms with Gasteiger partial charge >= 0.3 is 0 Å². The lowest BCUT2D eigenvalue weighted by Crippen LogP contribution is -2.66. The van der Waals surface area contributed by atoms with Crippen LogP contribution in [0.3, 0.4) is 0 Å². The van der Waals surface area contributed by atoms with Crippen LogP contribution in [0.25, 0.3) is 0 Å². The molecule has 1 unspecified atom stereocenters. The lowest BCUT2D eigenvalue weighted by atomic mass is 9.88. The molecule has 1 N–H and O–H groups in total. The Labute approximate surface area is 134 Å². The molecule has 0 bridgehead atoms. The van der Waals surface area contributed by atoms with Gasteiger partial charge in [0.05, 0.1) is 12.2 Å². The van der Waals surface area contributed by atoms with Gasteiger partial charge in [-0.25, -0.2) is 4.98 Å². The van der Waals surface area contributed by atoms with E-state index in [-0.39, 0.29) is 16.5 Å². The Balaban J connectivity index is 2.17. The monoisotopic (exact) mass is 309 g/mol. The third-order valence-corrected chi connectivity index (χ3v) is 5.54. The third kappa shape index (κ3) is 3.85. The van der Waals surface area contributed by atoms with Gasteiger partial charge in [0.1, 0.15) is 5.01 Å². The van der Waals surface area contributed by atoms with Gasteiger partial charge in [0.2, 0.25) is 0 Å². The molecule has 3 nitrogen and oxygen atoms in total. The highest BCUT2D eigenvalue weighted by molar-refractivity contribution is 7.09. The largest absolute Gasteiger partial charge is 0.309 e. The van der Waals surface area contributed by atoms with Gasteiger partial charge in [-0.1, -0.05) is 27.7 Å². The molecule has 2 heterocycles. The fourth-order valence-corrected chi connectivity index (χ4v) is 3.79. The van der Waals surface area contributed by atoms with Crippen LogP contribution in [0.15, 0.2) is 5.38 Å². The fraction of sp³-hybridized carbons (Fsp3) is 0.824. The average Bonchev–Trinajstić information content (AvgIpc) is 2.82. The molecule has 0 spiro atoms.